The highest BCUT2D eigenvalue weighted by Gasteiger charge is 2.14. The van der Waals surface area contributed by atoms with Crippen LogP contribution in [-0.2, 0) is 6.54 Å². The molecular formula is C15H26FN3. The van der Waals surface area contributed by atoms with Crippen molar-refractivity contribution in [2.24, 2.45) is 0 Å². The molecule has 0 amide bonds. The number of pyridine rings is 1. The second kappa shape index (κ2) is 8.86. The van der Waals surface area contributed by atoms with Crippen LogP contribution in [0.15, 0.2) is 12.3 Å². The van der Waals surface area contributed by atoms with Crippen LogP contribution < -0.4 is 10.2 Å². The summed E-state index contributed by atoms with van der Waals surface area (Å²) in [4.78, 5) is 6.27. The van der Waals surface area contributed by atoms with Crippen molar-refractivity contribution in [1.29, 1.82) is 0 Å². The molecule has 1 heterocycles. The number of halogens is 1. The van der Waals surface area contributed by atoms with Crippen LogP contribution in [0.3, 0.4) is 0 Å². The molecule has 0 aliphatic heterocycles. The molecule has 19 heavy (non-hydrogen) atoms. The molecular weight excluding hydrogens is 241 g/mol. The molecule has 0 aliphatic rings. The van der Waals surface area contributed by atoms with Gasteiger partial charge in [0.25, 0.3) is 0 Å². The van der Waals surface area contributed by atoms with E-state index in [0.717, 1.165) is 38.9 Å². The Kier molecular flexibility index (Phi) is 7.41. The summed E-state index contributed by atoms with van der Waals surface area (Å²) in [6, 6.07) is 1.76. The maximum atomic E-state index is 14.5. The minimum Gasteiger partial charge on any atom is -0.354 e. The van der Waals surface area contributed by atoms with Crippen molar-refractivity contribution in [1.82, 2.24) is 10.3 Å². The first-order valence-corrected chi connectivity index (χ1v) is 7.33. The van der Waals surface area contributed by atoms with E-state index in [1.54, 1.807) is 12.3 Å². The van der Waals surface area contributed by atoms with Gasteiger partial charge in [-0.15, -0.1) is 0 Å². The Morgan fingerprint density at radius 2 is 1.84 bits per heavy atom. The van der Waals surface area contributed by atoms with E-state index in [2.05, 4.69) is 31.1 Å². The van der Waals surface area contributed by atoms with Gasteiger partial charge in [0.15, 0.2) is 11.6 Å². The fraction of sp³-hybridized carbons (Fsp3) is 0.667. The van der Waals surface area contributed by atoms with E-state index in [1.165, 1.54) is 0 Å². The third-order valence-electron chi connectivity index (χ3n) is 2.98. The van der Waals surface area contributed by atoms with Crippen LogP contribution in [0.4, 0.5) is 10.2 Å². The maximum absolute atomic E-state index is 14.5. The monoisotopic (exact) mass is 267 g/mol. The van der Waals surface area contributed by atoms with E-state index in [4.69, 9.17) is 0 Å². The second-order valence-corrected chi connectivity index (χ2v) is 4.77. The van der Waals surface area contributed by atoms with Gasteiger partial charge in [0.2, 0.25) is 0 Å². The summed E-state index contributed by atoms with van der Waals surface area (Å²) in [5.74, 6) is 0.326. The lowest BCUT2D eigenvalue weighted by Crippen LogP contribution is -2.27. The molecule has 108 valence electrons. The molecule has 3 nitrogen and oxygen atoms in total. The Morgan fingerprint density at radius 3 is 2.42 bits per heavy atom. The molecule has 4 heteroatoms. The zero-order chi connectivity index (χ0) is 14.1. The van der Waals surface area contributed by atoms with E-state index in [-0.39, 0.29) is 5.82 Å². The van der Waals surface area contributed by atoms with Crippen molar-refractivity contribution in [2.75, 3.05) is 24.5 Å². The molecule has 0 unspecified atom stereocenters. The van der Waals surface area contributed by atoms with Gasteiger partial charge in [-0.1, -0.05) is 20.8 Å². The topological polar surface area (TPSA) is 28.2 Å². The minimum absolute atomic E-state index is 0.173. The fourth-order valence-electron chi connectivity index (χ4n) is 2.09. The number of nitrogens with zero attached hydrogens (tertiary/aromatic N) is 2. The van der Waals surface area contributed by atoms with Crippen molar-refractivity contribution >= 4 is 5.82 Å². The largest absolute Gasteiger partial charge is 0.354 e. The summed E-state index contributed by atoms with van der Waals surface area (Å²) in [5, 5.41) is 3.24. The second-order valence-electron chi connectivity index (χ2n) is 4.77. The normalized spacial score (nSPS) is 10.7. The fourth-order valence-corrected chi connectivity index (χ4v) is 2.09. The molecule has 0 saturated carbocycles. The first-order chi connectivity index (χ1) is 9.24. The standard InChI is InChI=1S/C15H26FN3/c1-4-8-17-12-13-7-9-18-15(14(13)16)19(10-5-2)11-6-3/h7,9,17H,4-6,8,10-12H2,1-3H3. The van der Waals surface area contributed by atoms with Gasteiger partial charge in [-0.05, 0) is 31.9 Å². The first-order valence-electron chi connectivity index (χ1n) is 7.33. The lowest BCUT2D eigenvalue weighted by atomic mass is 10.2. The van der Waals surface area contributed by atoms with Crippen LogP contribution in [0, 0.1) is 5.82 Å². The molecule has 0 saturated heterocycles. The van der Waals surface area contributed by atoms with Crippen LogP contribution in [0.2, 0.25) is 0 Å². The molecule has 1 rings (SSSR count). The molecule has 0 aromatic carbocycles. The third-order valence-corrected chi connectivity index (χ3v) is 2.98. The van der Waals surface area contributed by atoms with E-state index in [1.807, 2.05) is 4.90 Å². The van der Waals surface area contributed by atoms with Crippen LogP contribution in [-0.4, -0.2) is 24.6 Å². The Bertz CT molecular complexity index is 362. The average molecular weight is 267 g/mol. The Morgan fingerprint density at radius 1 is 1.16 bits per heavy atom. The van der Waals surface area contributed by atoms with Crippen LogP contribution in [0.1, 0.15) is 45.6 Å². The molecule has 0 atom stereocenters. The van der Waals surface area contributed by atoms with Gasteiger partial charge in [-0.25, -0.2) is 9.37 Å². The number of nitrogens with one attached hydrogen (secondary N) is 1. The highest BCUT2D eigenvalue weighted by Crippen LogP contribution is 2.20. The number of anilines is 1. The minimum atomic E-state index is -0.173. The van der Waals surface area contributed by atoms with Crippen LogP contribution in [0.5, 0.6) is 0 Å². The van der Waals surface area contributed by atoms with Crippen LogP contribution >= 0.6 is 0 Å². The molecule has 0 fully saturated rings. The lowest BCUT2D eigenvalue weighted by Gasteiger charge is -2.23. The van der Waals surface area contributed by atoms with E-state index >= 15 is 0 Å². The molecule has 1 aromatic rings. The smallest absolute Gasteiger partial charge is 0.170 e. The van der Waals surface area contributed by atoms with Crippen molar-refractivity contribution in [3.8, 4) is 0 Å². The van der Waals surface area contributed by atoms with Crippen molar-refractivity contribution in [3.05, 3.63) is 23.6 Å². The summed E-state index contributed by atoms with van der Waals surface area (Å²) in [6.07, 6.45) is 4.76. The number of rotatable bonds is 9. The molecule has 0 radical (unpaired) electrons. The van der Waals surface area contributed by atoms with Crippen LogP contribution in [0.25, 0.3) is 0 Å². The Hall–Kier alpha value is -1.16. The SMILES string of the molecule is CCCNCc1ccnc(N(CCC)CCC)c1F. The van der Waals surface area contributed by atoms with Gasteiger partial charge in [0.1, 0.15) is 0 Å². The third kappa shape index (κ3) is 4.78. The van der Waals surface area contributed by atoms with Gasteiger partial charge in [-0.2, -0.15) is 0 Å². The molecule has 0 aliphatic carbocycles. The zero-order valence-corrected chi connectivity index (χ0v) is 12.4. The van der Waals surface area contributed by atoms with Crippen molar-refractivity contribution in [2.45, 2.75) is 46.6 Å². The molecule has 1 aromatic heterocycles. The van der Waals surface area contributed by atoms with E-state index in [0.29, 0.717) is 17.9 Å². The quantitative estimate of drug-likeness (QED) is 0.695. The number of hydrogen-bond acceptors (Lipinski definition) is 3. The predicted octanol–water partition coefficient (Wildman–Crippen LogP) is 3.35. The number of aromatic nitrogens is 1. The molecule has 0 bridgehead atoms. The maximum Gasteiger partial charge on any atom is 0.170 e. The molecule has 1 N–H and O–H groups in total. The van der Waals surface area contributed by atoms with Crippen molar-refractivity contribution < 1.29 is 4.39 Å². The van der Waals surface area contributed by atoms with Gasteiger partial charge >= 0.3 is 0 Å². The van der Waals surface area contributed by atoms with E-state index in [9.17, 15) is 4.39 Å². The summed E-state index contributed by atoms with van der Waals surface area (Å²) >= 11 is 0. The summed E-state index contributed by atoms with van der Waals surface area (Å²) in [7, 11) is 0. The van der Waals surface area contributed by atoms with Crippen molar-refractivity contribution in [3.63, 3.8) is 0 Å². The Labute approximate surface area is 116 Å². The first kappa shape index (κ1) is 15.9. The summed E-state index contributed by atoms with van der Waals surface area (Å²) < 4.78 is 14.5. The van der Waals surface area contributed by atoms with E-state index < -0.39 is 0 Å². The highest BCUT2D eigenvalue weighted by molar-refractivity contribution is 5.43. The van der Waals surface area contributed by atoms with Gasteiger partial charge in [0, 0.05) is 31.4 Å². The highest BCUT2D eigenvalue weighted by atomic mass is 19.1. The summed E-state index contributed by atoms with van der Waals surface area (Å²) in [5.41, 5.74) is 0.704. The molecule has 0 spiro atoms. The lowest BCUT2D eigenvalue weighted by molar-refractivity contribution is 0.571. The zero-order valence-electron chi connectivity index (χ0n) is 12.4. The number of hydrogen-bond donors (Lipinski definition) is 1. The average Bonchev–Trinajstić information content (AvgIpc) is 2.41. The van der Waals surface area contributed by atoms with Gasteiger partial charge in [-0.3, -0.25) is 0 Å². The van der Waals surface area contributed by atoms with Gasteiger partial charge < -0.3 is 10.2 Å². The predicted molar refractivity (Wildman–Crippen MR) is 79.0 cm³/mol. The Balaban J connectivity index is 2.84. The summed E-state index contributed by atoms with van der Waals surface area (Å²) in [6.45, 7) is 9.49. The van der Waals surface area contributed by atoms with Gasteiger partial charge in [0.05, 0.1) is 0 Å².